The van der Waals surface area contributed by atoms with Crippen molar-refractivity contribution in [2.24, 2.45) is 0 Å². The fourth-order valence-electron chi connectivity index (χ4n) is 5.82. The van der Waals surface area contributed by atoms with Crippen molar-refractivity contribution >= 4 is 11.4 Å². The van der Waals surface area contributed by atoms with Crippen LogP contribution in [0.15, 0.2) is 146 Å². The zero-order valence-corrected chi connectivity index (χ0v) is 24.1. The molecular formula is C38H34N4. The molecule has 0 saturated carbocycles. The summed E-state index contributed by atoms with van der Waals surface area (Å²) in [6.45, 7) is 1.75. The zero-order chi connectivity index (χ0) is 28.5. The summed E-state index contributed by atoms with van der Waals surface area (Å²) < 4.78 is 0. The Kier molecular flexibility index (Phi) is 6.73. The molecule has 0 bridgehead atoms. The van der Waals surface area contributed by atoms with Crippen LogP contribution in [0.5, 0.6) is 0 Å². The van der Waals surface area contributed by atoms with Crippen LogP contribution in [-0.2, 0) is 0 Å². The molecule has 0 aliphatic carbocycles. The molecule has 0 amide bonds. The molecule has 206 valence electrons. The first-order valence-electron chi connectivity index (χ1n) is 14.4. The van der Waals surface area contributed by atoms with E-state index in [4.69, 9.17) is 0 Å². The summed E-state index contributed by atoms with van der Waals surface area (Å²) in [6, 6.07) is 44.2. The van der Waals surface area contributed by atoms with Crippen LogP contribution in [0, 0.1) is 0 Å². The monoisotopic (exact) mass is 546 g/mol. The summed E-state index contributed by atoms with van der Waals surface area (Å²) in [6.07, 6.45) is 8.48. The molecule has 0 aromatic heterocycles. The van der Waals surface area contributed by atoms with E-state index in [-0.39, 0.29) is 0 Å². The number of hydrogen-bond acceptors (Lipinski definition) is 4. The molecule has 5 aromatic rings. The summed E-state index contributed by atoms with van der Waals surface area (Å²) in [4.78, 5) is 8.88. The maximum Gasteiger partial charge on any atom is 0.0938 e. The van der Waals surface area contributed by atoms with E-state index >= 15 is 0 Å². The standard InChI is InChI=1S/C38H34N4/c1-39-20-22-41(27-39)35-18-16-29(17-19-35)30-8-5-9-31(24-30)32-10-6-11-33(25-32)37-14-3-4-15-38(37)34-12-7-13-36(26-34)42-23-21-40(2)28-42/h3-26H,27-28H2,1-2H3. The van der Waals surface area contributed by atoms with Crippen LogP contribution in [0.1, 0.15) is 0 Å². The highest BCUT2D eigenvalue weighted by molar-refractivity contribution is 5.87. The third kappa shape index (κ3) is 5.15. The first kappa shape index (κ1) is 25.7. The Bertz CT molecular complexity index is 1790. The van der Waals surface area contributed by atoms with Crippen LogP contribution in [0.3, 0.4) is 0 Å². The van der Waals surface area contributed by atoms with E-state index in [0.717, 1.165) is 13.3 Å². The summed E-state index contributed by atoms with van der Waals surface area (Å²) in [5.74, 6) is 0. The van der Waals surface area contributed by atoms with Crippen molar-refractivity contribution in [3.63, 3.8) is 0 Å². The molecule has 2 aliphatic rings. The fourth-order valence-corrected chi connectivity index (χ4v) is 5.82. The third-order valence-corrected chi connectivity index (χ3v) is 8.07. The van der Waals surface area contributed by atoms with Gasteiger partial charge in [0, 0.05) is 50.3 Å². The van der Waals surface area contributed by atoms with Gasteiger partial charge in [0.25, 0.3) is 0 Å². The first-order chi connectivity index (χ1) is 20.6. The maximum absolute atomic E-state index is 2.32. The summed E-state index contributed by atoms with van der Waals surface area (Å²) in [5, 5.41) is 0. The third-order valence-electron chi connectivity index (χ3n) is 8.07. The van der Waals surface area contributed by atoms with E-state index in [0.29, 0.717) is 0 Å². The normalized spacial score (nSPS) is 14.3. The SMILES string of the molecule is CN1C=CN(c2ccc(-c3cccc(-c4cccc(-c5ccccc5-c5cccc(N6C=CN(C)C6)c5)c4)c3)cc2)C1. The number of hydrogen-bond donors (Lipinski definition) is 0. The number of benzene rings is 5. The van der Waals surface area contributed by atoms with Crippen LogP contribution in [0.2, 0.25) is 0 Å². The number of anilines is 2. The van der Waals surface area contributed by atoms with Gasteiger partial charge in [-0.15, -0.1) is 0 Å². The van der Waals surface area contributed by atoms with Crippen LogP contribution in [-0.4, -0.2) is 37.2 Å². The molecule has 0 N–H and O–H groups in total. The predicted molar refractivity (Wildman–Crippen MR) is 177 cm³/mol. The highest BCUT2D eigenvalue weighted by Crippen LogP contribution is 2.36. The Morgan fingerprint density at radius 2 is 0.857 bits per heavy atom. The molecule has 0 radical (unpaired) electrons. The summed E-state index contributed by atoms with van der Waals surface area (Å²) in [5.41, 5.74) is 12.2. The van der Waals surface area contributed by atoms with Gasteiger partial charge in [-0.25, -0.2) is 0 Å². The average molecular weight is 547 g/mol. The van der Waals surface area contributed by atoms with Crippen molar-refractivity contribution in [2.45, 2.75) is 0 Å². The molecule has 42 heavy (non-hydrogen) atoms. The van der Waals surface area contributed by atoms with Gasteiger partial charge in [-0.3, -0.25) is 0 Å². The van der Waals surface area contributed by atoms with E-state index in [1.165, 1.54) is 55.9 Å². The molecule has 0 atom stereocenters. The minimum absolute atomic E-state index is 0.865. The van der Waals surface area contributed by atoms with E-state index in [1.807, 2.05) is 0 Å². The molecule has 7 rings (SSSR count). The summed E-state index contributed by atoms with van der Waals surface area (Å²) >= 11 is 0. The zero-order valence-electron chi connectivity index (χ0n) is 24.1. The van der Waals surface area contributed by atoms with Gasteiger partial charge in [-0.05, 0) is 80.9 Å². The van der Waals surface area contributed by atoms with Crippen LogP contribution in [0.4, 0.5) is 11.4 Å². The molecule has 2 heterocycles. The lowest BCUT2D eigenvalue weighted by Crippen LogP contribution is -2.21. The fraction of sp³-hybridized carbons (Fsp3) is 0.105. The highest BCUT2D eigenvalue weighted by atomic mass is 15.3. The molecule has 4 heteroatoms. The van der Waals surface area contributed by atoms with Crippen molar-refractivity contribution in [1.29, 1.82) is 0 Å². The van der Waals surface area contributed by atoms with Crippen molar-refractivity contribution < 1.29 is 0 Å². The second kappa shape index (κ2) is 11.0. The van der Waals surface area contributed by atoms with Crippen molar-refractivity contribution in [2.75, 3.05) is 37.2 Å². The lowest BCUT2D eigenvalue weighted by Gasteiger charge is -2.19. The van der Waals surface area contributed by atoms with E-state index < -0.39 is 0 Å². The minimum Gasteiger partial charge on any atom is -0.361 e. The topological polar surface area (TPSA) is 13.0 Å². The van der Waals surface area contributed by atoms with E-state index in [9.17, 15) is 0 Å². The van der Waals surface area contributed by atoms with Crippen molar-refractivity contribution in [3.8, 4) is 44.5 Å². The molecule has 4 nitrogen and oxygen atoms in total. The van der Waals surface area contributed by atoms with Gasteiger partial charge in [0.2, 0.25) is 0 Å². The van der Waals surface area contributed by atoms with E-state index in [2.05, 4.69) is 180 Å². The Morgan fingerprint density at radius 1 is 0.381 bits per heavy atom. The molecule has 0 spiro atoms. The quantitative estimate of drug-likeness (QED) is 0.211. The van der Waals surface area contributed by atoms with Crippen LogP contribution in [0.25, 0.3) is 44.5 Å². The van der Waals surface area contributed by atoms with Gasteiger partial charge in [0.15, 0.2) is 0 Å². The number of rotatable bonds is 6. The van der Waals surface area contributed by atoms with Crippen molar-refractivity contribution in [1.82, 2.24) is 9.80 Å². The van der Waals surface area contributed by atoms with Gasteiger partial charge in [-0.2, -0.15) is 0 Å². The Morgan fingerprint density at radius 3 is 1.43 bits per heavy atom. The smallest absolute Gasteiger partial charge is 0.0938 e. The Balaban J connectivity index is 1.18. The highest BCUT2D eigenvalue weighted by Gasteiger charge is 2.14. The molecule has 2 aliphatic heterocycles. The minimum atomic E-state index is 0.865. The second-order valence-corrected chi connectivity index (χ2v) is 11.1. The van der Waals surface area contributed by atoms with Gasteiger partial charge in [-0.1, -0.05) is 84.9 Å². The second-order valence-electron chi connectivity index (χ2n) is 11.1. The lowest BCUT2D eigenvalue weighted by atomic mass is 9.92. The van der Waals surface area contributed by atoms with Crippen molar-refractivity contribution in [3.05, 3.63) is 146 Å². The molecule has 5 aromatic carbocycles. The van der Waals surface area contributed by atoms with E-state index in [1.54, 1.807) is 0 Å². The maximum atomic E-state index is 2.32. The average Bonchev–Trinajstić information content (AvgIpc) is 3.69. The van der Waals surface area contributed by atoms with Crippen LogP contribution >= 0.6 is 0 Å². The summed E-state index contributed by atoms with van der Waals surface area (Å²) in [7, 11) is 4.19. The van der Waals surface area contributed by atoms with Gasteiger partial charge in [0.05, 0.1) is 13.3 Å². The van der Waals surface area contributed by atoms with Crippen LogP contribution < -0.4 is 9.80 Å². The lowest BCUT2D eigenvalue weighted by molar-refractivity contribution is 0.496. The molecule has 0 unspecified atom stereocenters. The number of nitrogens with zero attached hydrogens (tertiary/aromatic N) is 4. The van der Waals surface area contributed by atoms with Gasteiger partial charge in [0.1, 0.15) is 0 Å². The molecule has 0 fully saturated rings. The Labute approximate surface area is 248 Å². The predicted octanol–water partition coefficient (Wildman–Crippen LogP) is 8.72. The Hall–Kier alpha value is -5.22. The first-order valence-corrected chi connectivity index (χ1v) is 14.4. The molecular weight excluding hydrogens is 512 g/mol. The largest absolute Gasteiger partial charge is 0.361 e. The molecule has 0 saturated heterocycles. The van der Waals surface area contributed by atoms with Gasteiger partial charge < -0.3 is 19.6 Å². The van der Waals surface area contributed by atoms with Gasteiger partial charge >= 0.3 is 0 Å².